The summed E-state index contributed by atoms with van der Waals surface area (Å²) in [6.45, 7) is 4.66. The van der Waals surface area contributed by atoms with Crippen LogP contribution in [0.25, 0.3) is 22.2 Å². The van der Waals surface area contributed by atoms with Crippen molar-refractivity contribution in [3.8, 4) is 17.0 Å². The summed E-state index contributed by atoms with van der Waals surface area (Å²) in [5.74, 6) is 0.400. The van der Waals surface area contributed by atoms with Crippen LogP contribution >= 0.6 is 0 Å². The van der Waals surface area contributed by atoms with Gasteiger partial charge in [-0.15, -0.1) is 0 Å². The molecule has 0 aliphatic carbocycles. The number of aryl methyl sites for hydroxylation is 2. The Balaban J connectivity index is 1.46. The van der Waals surface area contributed by atoms with E-state index in [1.165, 1.54) is 0 Å². The smallest absolute Gasteiger partial charge is 0.410 e. The molecular formula is C27H24N6O2. The van der Waals surface area contributed by atoms with Crippen LogP contribution in [-0.4, -0.2) is 30.8 Å². The van der Waals surface area contributed by atoms with E-state index in [9.17, 15) is 4.79 Å². The van der Waals surface area contributed by atoms with Crippen LogP contribution in [0.5, 0.6) is 5.75 Å². The van der Waals surface area contributed by atoms with Crippen molar-refractivity contribution in [3.63, 3.8) is 0 Å². The van der Waals surface area contributed by atoms with Crippen molar-refractivity contribution in [1.82, 2.24) is 30.0 Å². The molecule has 5 rings (SSSR count). The summed E-state index contributed by atoms with van der Waals surface area (Å²) in [7, 11) is 0. The maximum atomic E-state index is 12.6. The van der Waals surface area contributed by atoms with Crippen molar-refractivity contribution in [1.29, 1.82) is 0 Å². The van der Waals surface area contributed by atoms with Gasteiger partial charge in [-0.25, -0.2) is 4.79 Å². The van der Waals surface area contributed by atoms with E-state index in [0.29, 0.717) is 18.0 Å². The number of pyridine rings is 1. The minimum absolute atomic E-state index is 0.215. The van der Waals surface area contributed by atoms with Crippen molar-refractivity contribution < 1.29 is 9.53 Å². The Morgan fingerprint density at radius 3 is 2.54 bits per heavy atom. The SMILES string of the molecule is Cc1ccc(-c2cc(OC(=O)NCc3cnc(C)cn3)cc3c2cnn3Cc2ccccc2)nc1. The predicted molar refractivity (Wildman–Crippen MR) is 133 cm³/mol. The molecule has 0 atom stereocenters. The third-order valence-electron chi connectivity index (χ3n) is 5.56. The first kappa shape index (κ1) is 22.2. The Bertz CT molecular complexity index is 1460. The number of amides is 1. The van der Waals surface area contributed by atoms with Gasteiger partial charge in [0.2, 0.25) is 0 Å². The van der Waals surface area contributed by atoms with Gasteiger partial charge < -0.3 is 10.1 Å². The monoisotopic (exact) mass is 464 g/mol. The number of aromatic nitrogens is 5. The Hall–Kier alpha value is -4.59. The van der Waals surface area contributed by atoms with Gasteiger partial charge in [-0.1, -0.05) is 36.4 Å². The van der Waals surface area contributed by atoms with Crippen LogP contribution in [0.3, 0.4) is 0 Å². The summed E-state index contributed by atoms with van der Waals surface area (Å²) in [5, 5.41) is 8.27. The fourth-order valence-electron chi connectivity index (χ4n) is 3.75. The molecule has 8 nitrogen and oxygen atoms in total. The average molecular weight is 465 g/mol. The third-order valence-corrected chi connectivity index (χ3v) is 5.56. The second-order valence-electron chi connectivity index (χ2n) is 8.30. The quantitative estimate of drug-likeness (QED) is 0.386. The summed E-state index contributed by atoms with van der Waals surface area (Å²) in [4.78, 5) is 25.6. The standard InChI is InChI=1S/C27H24N6O2/c1-18-8-9-25(30-12-18)23-10-22(35-27(34)31-15-21-14-28-19(2)13-29-21)11-26-24(23)16-32-33(26)17-20-6-4-3-5-7-20/h3-14,16H,15,17H2,1-2H3,(H,31,34). The largest absolute Gasteiger partial charge is 0.412 e. The number of nitrogens with one attached hydrogen (secondary N) is 1. The summed E-state index contributed by atoms with van der Waals surface area (Å²) < 4.78 is 7.56. The minimum atomic E-state index is -0.580. The van der Waals surface area contributed by atoms with Crippen LogP contribution in [0.4, 0.5) is 4.79 Å². The Morgan fingerprint density at radius 1 is 0.943 bits per heavy atom. The first-order chi connectivity index (χ1) is 17.0. The second-order valence-corrected chi connectivity index (χ2v) is 8.30. The molecule has 0 aliphatic heterocycles. The van der Waals surface area contributed by atoms with E-state index in [0.717, 1.165) is 39.0 Å². The Kier molecular flexibility index (Phi) is 6.17. The van der Waals surface area contributed by atoms with Crippen molar-refractivity contribution >= 4 is 17.0 Å². The molecule has 0 unspecified atom stereocenters. The van der Waals surface area contributed by atoms with Crippen LogP contribution in [0.2, 0.25) is 0 Å². The highest BCUT2D eigenvalue weighted by molar-refractivity contribution is 5.95. The van der Waals surface area contributed by atoms with Gasteiger partial charge in [0.25, 0.3) is 0 Å². The van der Waals surface area contributed by atoms with Crippen molar-refractivity contribution in [2.75, 3.05) is 0 Å². The van der Waals surface area contributed by atoms with Crippen LogP contribution < -0.4 is 10.1 Å². The van der Waals surface area contributed by atoms with E-state index in [4.69, 9.17) is 4.74 Å². The molecule has 0 fully saturated rings. The number of rotatable bonds is 6. The molecule has 0 aliphatic rings. The number of hydrogen-bond donors (Lipinski definition) is 1. The molecule has 0 spiro atoms. The maximum absolute atomic E-state index is 12.6. The van der Waals surface area contributed by atoms with E-state index < -0.39 is 6.09 Å². The summed E-state index contributed by atoms with van der Waals surface area (Å²) in [6, 6.07) is 17.7. The highest BCUT2D eigenvalue weighted by Gasteiger charge is 2.15. The van der Waals surface area contributed by atoms with Gasteiger partial charge in [0.05, 0.1) is 48.1 Å². The van der Waals surface area contributed by atoms with Gasteiger partial charge in [-0.05, 0) is 37.1 Å². The number of benzene rings is 2. The number of carbonyl (C=O) groups excluding carboxylic acids is 1. The molecule has 8 heteroatoms. The average Bonchev–Trinajstić information content (AvgIpc) is 3.27. The van der Waals surface area contributed by atoms with Crippen LogP contribution in [0, 0.1) is 13.8 Å². The molecule has 35 heavy (non-hydrogen) atoms. The lowest BCUT2D eigenvalue weighted by molar-refractivity contribution is 0.200. The van der Waals surface area contributed by atoms with Crippen LogP contribution in [0.1, 0.15) is 22.5 Å². The molecule has 174 valence electrons. The molecule has 1 amide bonds. The fourth-order valence-corrected chi connectivity index (χ4v) is 3.75. The second kappa shape index (κ2) is 9.72. The highest BCUT2D eigenvalue weighted by Crippen LogP contribution is 2.32. The van der Waals surface area contributed by atoms with Crippen molar-refractivity contribution in [2.45, 2.75) is 26.9 Å². The highest BCUT2D eigenvalue weighted by atomic mass is 16.6. The Morgan fingerprint density at radius 2 is 1.80 bits per heavy atom. The lowest BCUT2D eigenvalue weighted by Gasteiger charge is -2.11. The number of nitrogens with zero attached hydrogens (tertiary/aromatic N) is 5. The molecule has 0 saturated heterocycles. The van der Waals surface area contributed by atoms with Gasteiger partial charge in [0, 0.05) is 29.4 Å². The molecule has 0 bridgehead atoms. The zero-order valence-corrected chi connectivity index (χ0v) is 19.5. The molecule has 0 radical (unpaired) electrons. The number of hydrogen-bond acceptors (Lipinski definition) is 6. The predicted octanol–water partition coefficient (Wildman–Crippen LogP) is 4.84. The van der Waals surface area contributed by atoms with Crippen LogP contribution in [0.15, 0.2) is 79.4 Å². The summed E-state index contributed by atoms with van der Waals surface area (Å²) in [5.41, 5.74) is 6.12. The van der Waals surface area contributed by atoms with Crippen molar-refractivity contribution in [2.24, 2.45) is 0 Å². The van der Waals surface area contributed by atoms with Gasteiger partial charge in [0.1, 0.15) is 5.75 Å². The van der Waals surface area contributed by atoms with E-state index in [1.807, 2.05) is 73.4 Å². The van der Waals surface area contributed by atoms with Gasteiger partial charge in [0.15, 0.2) is 0 Å². The number of fused-ring (bicyclic) bond motifs is 1. The lowest BCUT2D eigenvalue weighted by Crippen LogP contribution is -2.26. The summed E-state index contributed by atoms with van der Waals surface area (Å²) in [6.07, 6.45) is 6.35. The number of ether oxygens (including phenoxy) is 1. The van der Waals surface area contributed by atoms with E-state index in [2.05, 4.69) is 37.5 Å². The van der Waals surface area contributed by atoms with E-state index >= 15 is 0 Å². The van der Waals surface area contributed by atoms with Crippen molar-refractivity contribution in [3.05, 3.63) is 102 Å². The zero-order valence-electron chi connectivity index (χ0n) is 19.5. The fraction of sp³-hybridized carbons (Fsp3) is 0.148. The topological polar surface area (TPSA) is 94.8 Å². The molecular weight excluding hydrogens is 440 g/mol. The molecule has 3 aromatic heterocycles. The number of carbonyl (C=O) groups is 1. The van der Waals surface area contributed by atoms with Crippen LogP contribution in [-0.2, 0) is 13.1 Å². The normalized spacial score (nSPS) is 10.9. The first-order valence-corrected chi connectivity index (χ1v) is 11.2. The molecule has 3 heterocycles. The lowest BCUT2D eigenvalue weighted by atomic mass is 10.1. The summed E-state index contributed by atoms with van der Waals surface area (Å²) >= 11 is 0. The molecule has 2 aromatic carbocycles. The third kappa shape index (κ3) is 5.16. The van der Waals surface area contributed by atoms with Gasteiger partial charge in [-0.2, -0.15) is 5.10 Å². The molecule has 5 aromatic rings. The molecule has 1 N–H and O–H groups in total. The Labute approximate surface area is 202 Å². The van der Waals surface area contributed by atoms with E-state index in [1.54, 1.807) is 12.4 Å². The maximum Gasteiger partial charge on any atom is 0.412 e. The van der Waals surface area contributed by atoms with Gasteiger partial charge >= 0.3 is 6.09 Å². The zero-order chi connectivity index (χ0) is 24.2. The molecule has 0 saturated carbocycles. The van der Waals surface area contributed by atoms with E-state index in [-0.39, 0.29) is 6.54 Å². The first-order valence-electron chi connectivity index (χ1n) is 11.2. The van der Waals surface area contributed by atoms with Gasteiger partial charge in [-0.3, -0.25) is 19.6 Å². The minimum Gasteiger partial charge on any atom is -0.410 e.